The highest BCUT2D eigenvalue weighted by Gasteiger charge is 2.35. The van der Waals surface area contributed by atoms with Gasteiger partial charge in [-0.15, -0.1) is 0 Å². The summed E-state index contributed by atoms with van der Waals surface area (Å²) < 4.78 is 20.4. The average Bonchev–Trinajstić information content (AvgIpc) is 3.39. The molecule has 1 aromatic heterocycles. The third-order valence-corrected chi connectivity index (χ3v) is 9.02. The van der Waals surface area contributed by atoms with Crippen LogP contribution in [0.2, 0.25) is 0 Å². The molecule has 1 heterocycles. The lowest BCUT2D eigenvalue weighted by atomic mass is 9.80. The van der Waals surface area contributed by atoms with Gasteiger partial charge < -0.3 is 18.8 Å². The summed E-state index contributed by atoms with van der Waals surface area (Å²) in [5, 5.41) is 0. The van der Waals surface area contributed by atoms with Gasteiger partial charge >= 0.3 is 5.97 Å². The van der Waals surface area contributed by atoms with Gasteiger partial charge in [0.05, 0.1) is 12.3 Å². The number of hydrogen-bond donors (Lipinski definition) is 0. The van der Waals surface area contributed by atoms with Crippen molar-refractivity contribution < 1.29 is 19.0 Å². The first-order valence-electron chi connectivity index (χ1n) is 16.5. The van der Waals surface area contributed by atoms with Crippen LogP contribution in [0.25, 0.3) is 0 Å². The van der Waals surface area contributed by atoms with Crippen LogP contribution in [0.15, 0.2) is 60.7 Å². The first kappa shape index (κ1) is 32.1. The minimum atomic E-state index is -0.563. The molecule has 0 saturated heterocycles. The van der Waals surface area contributed by atoms with Crippen molar-refractivity contribution in [1.82, 2.24) is 4.57 Å². The fourth-order valence-electron chi connectivity index (χ4n) is 6.51. The quantitative estimate of drug-likeness (QED) is 0.140. The van der Waals surface area contributed by atoms with Crippen molar-refractivity contribution in [2.45, 2.75) is 110 Å². The second-order valence-corrected chi connectivity index (χ2v) is 12.3. The molecule has 0 N–H and O–H groups in total. The number of unbranched alkanes of at least 4 members (excludes halogenated alkanes) is 2. The maximum Gasteiger partial charge on any atom is 0.306 e. The summed E-state index contributed by atoms with van der Waals surface area (Å²) in [4.78, 5) is 11.7. The molecule has 4 rings (SSSR count). The van der Waals surface area contributed by atoms with Crippen molar-refractivity contribution in [1.29, 1.82) is 0 Å². The van der Waals surface area contributed by atoms with Gasteiger partial charge in [-0.25, -0.2) is 0 Å². The van der Waals surface area contributed by atoms with Gasteiger partial charge in [0.2, 0.25) is 0 Å². The van der Waals surface area contributed by atoms with E-state index >= 15 is 0 Å². The predicted octanol–water partition coefficient (Wildman–Crippen LogP) is 8.88. The number of rotatable bonds is 17. The Morgan fingerprint density at radius 2 is 1.74 bits per heavy atom. The van der Waals surface area contributed by atoms with E-state index in [-0.39, 0.29) is 5.97 Å². The average molecular weight is 576 g/mol. The first-order chi connectivity index (χ1) is 20.5. The second-order valence-electron chi connectivity index (χ2n) is 12.3. The van der Waals surface area contributed by atoms with E-state index in [9.17, 15) is 4.79 Å². The van der Waals surface area contributed by atoms with Gasteiger partial charge in [-0.3, -0.25) is 4.79 Å². The van der Waals surface area contributed by atoms with Crippen LogP contribution in [0, 0.1) is 18.8 Å². The molecule has 1 unspecified atom stereocenters. The molecular formula is C37H53NO4. The van der Waals surface area contributed by atoms with Gasteiger partial charge in [-0.05, 0) is 87.3 Å². The largest absolute Gasteiger partial charge is 0.477 e. The Balaban J connectivity index is 1.29. The Hall–Kier alpha value is -2.79. The van der Waals surface area contributed by atoms with Crippen LogP contribution in [0.4, 0.5) is 0 Å². The maximum atomic E-state index is 11.7. The molecule has 0 aliphatic heterocycles. The first-order valence-corrected chi connectivity index (χ1v) is 16.5. The number of aromatic nitrogens is 1. The summed E-state index contributed by atoms with van der Waals surface area (Å²) in [7, 11) is 0. The van der Waals surface area contributed by atoms with Crippen molar-refractivity contribution in [2.75, 3.05) is 19.8 Å². The van der Waals surface area contributed by atoms with E-state index in [2.05, 4.69) is 54.9 Å². The van der Waals surface area contributed by atoms with E-state index in [0.717, 1.165) is 55.7 Å². The molecule has 0 spiro atoms. The summed E-state index contributed by atoms with van der Waals surface area (Å²) >= 11 is 0. The number of carbonyl (C=O) groups excluding carboxylic acids is 1. The fraction of sp³-hybridized carbons (Fsp3) is 0.595. The van der Waals surface area contributed by atoms with Crippen LogP contribution < -0.4 is 4.74 Å². The van der Waals surface area contributed by atoms with Crippen LogP contribution in [0.3, 0.4) is 0 Å². The molecule has 1 aromatic carbocycles. The number of aryl methyl sites for hydroxylation is 2. The van der Waals surface area contributed by atoms with Gasteiger partial charge in [0.15, 0.2) is 5.60 Å². The van der Waals surface area contributed by atoms with Crippen molar-refractivity contribution in [3.05, 3.63) is 77.7 Å². The van der Waals surface area contributed by atoms with E-state index in [1.807, 2.05) is 31.2 Å². The molecule has 1 atom stereocenters. The maximum absolute atomic E-state index is 11.7. The van der Waals surface area contributed by atoms with Crippen LogP contribution in [0.5, 0.6) is 5.75 Å². The zero-order valence-electron chi connectivity index (χ0n) is 26.3. The smallest absolute Gasteiger partial charge is 0.306 e. The lowest BCUT2D eigenvalue weighted by Gasteiger charge is -2.34. The molecule has 2 aliphatic rings. The number of carbonyl (C=O) groups is 1. The number of allylic oxidation sites excluding steroid dienone is 2. The van der Waals surface area contributed by atoms with Crippen molar-refractivity contribution in [3.8, 4) is 5.75 Å². The highest BCUT2D eigenvalue weighted by atomic mass is 16.5. The van der Waals surface area contributed by atoms with Gasteiger partial charge in [0, 0.05) is 38.3 Å². The SMILES string of the molecule is CCCCCC1CCC(COCCCn2c(C)ccc2C2(Oc3ccc(CCC(=O)OCC)cc3)C=CC=CC2)CC1. The minimum absolute atomic E-state index is 0.155. The monoisotopic (exact) mass is 575 g/mol. The fourth-order valence-corrected chi connectivity index (χ4v) is 6.51. The Labute approximate surface area is 254 Å². The summed E-state index contributed by atoms with van der Waals surface area (Å²) in [6.07, 6.45) is 22.4. The topological polar surface area (TPSA) is 49.7 Å². The number of esters is 1. The molecule has 1 fully saturated rings. The van der Waals surface area contributed by atoms with Gasteiger partial charge in [-0.1, -0.05) is 75.8 Å². The standard InChI is InChI=1S/C37H53NO4/c1-4-6-8-12-31-14-16-33(17-15-31)29-40-28-11-27-38-30(3)13-23-35(38)37(25-9-7-10-26-37)42-34-21-18-32(19-22-34)20-24-36(39)41-5-2/h7,9-10,13,18-19,21-23,25,31,33H,4-6,8,11-12,14-17,20,24,26-29H2,1-3H3. The van der Waals surface area contributed by atoms with E-state index < -0.39 is 5.60 Å². The molecule has 0 amide bonds. The zero-order valence-corrected chi connectivity index (χ0v) is 26.3. The van der Waals surface area contributed by atoms with Crippen LogP contribution >= 0.6 is 0 Å². The van der Waals surface area contributed by atoms with Crippen molar-refractivity contribution in [3.63, 3.8) is 0 Å². The number of nitrogens with zero attached hydrogens (tertiary/aromatic N) is 1. The number of hydrogen-bond acceptors (Lipinski definition) is 4. The zero-order chi connectivity index (χ0) is 29.6. The van der Waals surface area contributed by atoms with Crippen molar-refractivity contribution in [2.24, 2.45) is 11.8 Å². The molecule has 5 heteroatoms. The Bertz CT molecular complexity index is 1140. The summed E-state index contributed by atoms with van der Waals surface area (Å²) in [5.41, 5.74) is 2.95. The van der Waals surface area contributed by atoms with Crippen LogP contribution in [-0.4, -0.2) is 30.4 Å². The molecule has 42 heavy (non-hydrogen) atoms. The normalized spacial score (nSPS) is 21.9. The Morgan fingerprint density at radius 3 is 2.45 bits per heavy atom. The second kappa shape index (κ2) is 16.7. The molecule has 2 aromatic rings. The molecule has 1 saturated carbocycles. The molecular weight excluding hydrogens is 522 g/mol. The third kappa shape index (κ3) is 9.36. The van der Waals surface area contributed by atoms with E-state index in [1.54, 1.807) is 0 Å². The summed E-state index contributed by atoms with van der Waals surface area (Å²) in [6, 6.07) is 12.5. The molecule has 0 radical (unpaired) electrons. The molecule has 2 aliphatic carbocycles. The predicted molar refractivity (Wildman–Crippen MR) is 171 cm³/mol. The number of benzene rings is 1. The van der Waals surface area contributed by atoms with E-state index in [1.165, 1.54) is 62.8 Å². The lowest BCUT2D eigenvalue weighted by molar-refractivity contribution is -0.143. The number of ether oxygens (including phenoxy) is 3. The third-order valence-electron chi connectivity index (χ3n) is 9.02. The Morgan fingerprint density at radius 1 is 0.952 bits per heavy atom. The van der Waals surface area contributed by atoms with Gasteiger partial charge in [0.1, 0.15) is 5.75 Å². The van der Waals surface area contributed by atoms with E-state index in [4.69, 9.17) is 14.2 Å². The summed E-state index contributed by atoms with van der Waals surface area (Å²) in [6.45, 7) is 9.35. The Kier molecular flexibility index (Phi) is 12.8. The van der Waals surface area contributed by atoms with Crippen LogP contribution in [0.1, 0.15) is 101 Å². The molecule has 230 valence electrons. The highest BCUT2D eigenvalue weighted by molar-refractivity contribution is 5.69. The van der Waals surface area contributed by atoms with Gasteiger partial charge in [0.25, 0.3) is 0 Å². The minimum Gasteiger partial charge on any atom is -0.477 e. The summed E-state index contributed by atoms with van der Waals surface area (Å²) in [5.74, 6) is 2.36. The lowest BCUT2D eigenvalue weighted by Crippen LogP contribution is -2.34. The van der Waals surface area contributed by atoms with E-state index in [0.29, 0.717) is 19.4 Å². The van der Waals surface area contributed by atoms with Crippen molar-refractivity contribution >= 4 is 5.97 Å². The van der Waals surface area contributed by atoms with Crippen LogP contribution in [-0.2, 0) is 32.8 Å². The van der Waals surface area contributed by atoms with Gasteiger partial charge in [-0.2, -0.15) is 0 Å². The molecule has 5 nitrogen and oxygen atoms in total. The highest BCUT2D eigenvalue weighted by Crippen LogP contribution is 2.37. The molecule has 0 bridgehead atoms.